The number of aliphatic hydroxyl groups excluding tert-OH is 1. The molecule has 0 aromatic heterocycles. The van der Waals surface area contributed by atoms with Gasteiger partial charge in [0.1, 0.15) is 0 Å². The summed E-state index contributed by atoms with van der Waals surface area (Å²) in [5.74, 6) is -0.770. The quantitative estimate of drug-likeness (QED) is 0.424. The van der Waals surface area contributed by atoms with Crippen LogP contribution in [0.3, 0.4) is 0 Å². The van der Waals surface area contributed by atoms with Crippen molar-refractivity contribution in [1.82, 2.24) is 0 Å². The number of benzene rings is 3. The van der Waals surface area contributed by atoms with Gasteiger partial charge in [0.25, 0.3) is 0 Å². The zero-order valence-corrected chi connectivity index (χ0v) is 19.2. The lowest BCUT2D eigenvalue weighted by Gasteiger charge is -2.36. The smallest absolute Gasteiger partial charge is 0.335 e. The van der Waals surface area contributed by atoms with Crippen LogP contribution in [0.4, 0.5) is 5.69 Å². The number of carboxylic acids is 1. The number of rotatable bonds is 5. The van der Waals surface area contributed by atoms with Gasteiger partial charge in [0, 0.05) is 28.3 Å². The van der Waals surface area contributed by atoms with Gasteiger partial charge in [-0.15, -0.1) is 0 Å². The Kier molecular flexibility index (Phi) is 6.65. The molecule has 0 spiro atoms. The van der Waals surface area contributed by atoms with Crippen molar-refractivity contribution < 1.29 is 15.0 Å². The summed E-state index contributed by atoms with van der Waals surface area (Å²) in [4.78, 5) is 13.3. The second-order valence-corrected chi connectivity index (χ2v) is 9.21. The fourth-order valence-corrected chi connectivity index (χ4v) is 4.72. The summed E-state index contributed by atoms with van der Waals surface area (Å²) < 4.78 is 0.940. The Morgan fingerprint density at radius 1 is 1.00 bits per heavy atom. The lowest BCUT2D eigenvalue weighted by atomic mass is 9.84. The summed E-state index contributed by atoms with van der Waals surface area (Å²) in [6.07, 6.45) is 1.14. The predicted molar refractivity (Wildman–Crippen MR) is 128 cm³/mol. The lowest BCUT2D eigenvalue weighted by molar-refractivity contribution is 0.0696. The van der Waals surface area contributed by atoms with Crippen LogP contribution >= 0.6 is 27.5 Å². The monoisotopic (exact) mass is 499 g/mol. The zero-order chi connectivity index (χ0) is 22.0. The van der Waals surface area contributed by atoms with Crippen molar-refractivity contribution in [3.8, 4) is 11.1 Å². The molecule has 4 rings (SSSR count). The number of carboxylic acid groups (broad SMARTS) is 1. The van der Waals surface area contributed by atoms with E-state index in [2.05, 4.69) is 20.8 Å². The molecule has 0 bridgehead atoms. The molecule has 0 aliphatic carbocycles. The van der Waals surface area contributed by atoms with Crippen molar-refractivity contribution >= 4 is 39.2 Å². The molecule has 31 heavy (non-hydrogen) atoms. The molecule has 1 fully saturated rings. The van der Waals surface area contributed by atoms with Gasteiger partial charge in [-0.05, 0) is 84.0 Å². The molecule has 0 amide bonds. The second kappa shape index (κ2) is 9.43. The molecule has 1 unspecified atom stereocenters. The Morgan fingerprint density at radius 3 is 2.26 bits per heavy atom. The number of aromatic carboxylic acids is 1. The van der Waals surface area contributed by atoms with Crippen molar-refractivity contribution in [2.45, 2.75) is 18.9 Å². The van der Waals surface area contributed by atoms with Crippen LogP contribution < -0.4 is 4.90 Å². The van der Waals surface area contributed by atoms with E-state index in [1.807, 2.05) is 54.6 Å². The molecule has 1 aliphatic rings. The van der Waals surface area contributed by atoms with Crippen LogP contribution in [-0.4, -0.2) is 29.3 Å². The summed E-state index contributed by atoms with van der Waals surface area (Å²) in [5, 5.41) is 21.1. The number of carbonyl (C=O) groups is 1. The van der Waals surface area contributed by atoms with Crippen molar-refractivity contribution in [3.05, 3.63) is 87.4 Å². The zero-order valence-electron chi connectivity index (χ0n) is 16.8. The molecular formula is C25H23BrClNO3. The van der Waals surface area contributed by atoms with Crippen LogP contribution in [-0.2, 0) is 0 Å². The van der Waals surface area contributed by atoms with Gasteiger partial charge in [0.05, 0.1) is 11.7 Å². The molecular weight excluding hydrogens is 478 g/mol. The lowest BCUT2D eigenvalue weighted by Crippen LogP contribution is -2.35. The molecule has 1 atom stereocenters. The number of aliphatic hydroxyl groups is 1. The molecule has 0 radical (unpaired) electrons. The van der Waals surface area contributed by atoms with Crippen LogP contribution in [0.25, 0.3) is 11.1 Å². The van der Waals surface area contributed by atoms with Crippen molar-refractivity contribution in [1.29, 1.82) is 0 Å². The summed E-state index contributed by atoms with van der Waals surface area (Å²) in [5.41, 5.74) is 4.27. The standard InChI is InChI=1S/C25H23BrClNO3/c26-19-5-10-22(16-1-6-20(27)7-2-16)23(15-19)24(29)17-11-13-28(14-12-17)21-8-3-18(4-9-21)25(30)31/h1-10,15,17,24,29H,11-14H2,(H,30,31). The van der Waals surface area contributed by atoms with E-state index in [1.165, 1.54) is 0 Å². The van der Waals surface area contributed by atoms with Gasteiger partial charge in [-0.3, -0.25) is 0 Å². The third-order valence-corrected chi connectivity index (χ3v) is 6.70. The molecule has 3 aromatic carbocycles. The van der Waals surface area contributed by atoms with Crippen LogP contribution in [0.1, 0.15) is 34.9 Å². The number of piperidine rings is 1. The molecule has 160 valence electrons. The Morgan fingerprint density at radius 2 is 1.65 bits per heavy atom. The van der Waals surface area contributed by atoms with E-state index >= 15 is 0 Å². The van der Waals surface area contributed by atoms with Gasteiger partial charge in [-0.2, -0.15) is 0 Å². The van der Waals surface area contributed by atoms with Crippen molar-refractivity contribution in [2.24, 2.45) is 5.92 Å². The summed E-state index contributed by atoms with van der Waals surface area (Å²) >= 11 is 9.59. The maximum Gasteiger partial charge on any atom is 0.335 e. The average molecular weight is 501 g/mol. The molecule has 1 heterocycles. The van der Waals surface area contributed by atoms with E-state index in [9.17, 15) is 9.90 Å². The van der Waals surface area contributed by atoms with E-state index in [4.69, 9.17) is 16.7 Å². The first-order chi connectivity index (χ1) is 14.9. The normalized spacial score (nSPS) is 15.6. The van der Waals surface area contributed by atoms with E-state index in [-0.39, 0.29) is 5.92 Å². The minimum atomic E-state index is -0.918. The molecule has 4 nitrogen and oxygen atoms in total. The topological polar surface area (TPSA) is 60.8 Å². The molecule has 6 heteroatoms. The van der Waals surface area contributed by atoms with E-state index in [1.54, 1.807) is 12.1 Å². The van der Waals surface area contributed by atoms with Gasteiger partial charge in [0.2, 0.25) is 0 Å². The van der Waals surface area contributed by atoms with Crippen LogP contribution in [0, 0.1) is 5.92 Å². The van der Waals surface area contributed by atoms with Crippen LogP contribution in [0.2, 0.25) is 5.02 Å². The highest BCUT2D eigenvalue weighted by Gasteiger charge is 2.28. The van der Waals surface area contributed by atoms with Crippen molar-refractivity contribution in [3.63, 3.8) is 0 Å². The highest BCUT2D eigenvalue weighted by Crippen LogP contribution is 2.38. The third-order valence-electron chi connectivity index (χ3n) is 5.95. The van der Waals surface area contributed by atoms with Crippen LogP contribution in [0.5, 0.6) is 0 Å². The number of hydrogen-bond donors (Lipinski definition) is 2. The van der Waals surface area contributed by atoms with Gasteiger partial charge < -0.3 is 15.1 Å². The summed E-state index contributed by atoms with van der Waals surface area (Å²) in [6.45, 7) is 1.64. The van der Waals surface area contributed by atoms with E-state index in [0.717, 1.165) is 52.8 Å². The first-order valence-corrected chi connectivity index (χ1v) is 11.4. The van der Waals surface area contributed by atoms with Crippen LogP contribution in [0.15, 0.2) is 71.2 Å². The minimum absolute atomic E-state index is 0.148. The molecule has 0 saturated carbocycles. The fourth-order valence-electron chi connectivity index (χ4n) is 4.21. The second-order valence-electron chi connectivity index (χ2n) is 7.86. The SMILES string of the molecule is O=C(O)c1ccc(N2CCC(C(O)c3cc(Br)ccc3-c3ccc(Cl)cc3)CC2)cc1. The average Bonchev–Trinajstić information content (AvgIpc) is 2.79. The Balaban J connectivity index is 1.50. The Labute approximate surface area is 195 Å². The number of nitrogens with zero attached hydrogens (tertiary/aromatic N) is 1. The van der Waals surface area contributed by atoms with Gasteiger partial charge >= 0.3 is 5.97 Å². The molecule has 3 aromatic rings. The summed E-state index contributed by atoms with van der Waals surface area (Å²) in [6, 6.07) is 20.7. The number of anilines is 1. The van der Waals surface area contributed by atoms with Crippen molar-refractivity contribution in [2.75, 3.05) is 18.0 Å². The van der Waals surface area contributed by atoms with E-state index in [0.29, 0.717) is 10.6 Å². The Bertz CT molecular complexity index is 1060. The number of halogens is 2. The first kappa shape index (κ1) is 21.9. The minimum Gasteiger partial charge on any atom is -0.478 e. The molecule has 2 N–H and O–H groups in total. The van der Waals surface area contributed by atoms with Gasteiger partial charge in [0.15, 0.2) is 0 Å². The van der Waals surface area contributed by atoms with Gasteiger partial charge in [-0.25, -0.2) is 4.79 Å². The number of hydrogen-bond acceptors (Lipinski definition) is 3. The van der Waals surface area contributed by atoms with E-state index < -0.39 is 12.1 Å². The molecule has 1 aliphatic heterocycles. The highest BCUT2D eigenvalue weighted by atomic mass is 79.9. The summed E-state index contributed by atoms with van der Waals surface area (Å²) in [7, 11) is 0. The predicted octanol–water partition coefficient (Wildman–Crippen LogP) is 6.42. The van der Waals surface area contributed by atoms with Gasteiger partial charge in [-0.1, -0.05) is 45.7 Å². The first-order valence-electron chi connectivity index (χ1n) is 10.2. The molecule has 1 saturated heterocycles. The highest BCUT2D eigenvalue weighted by molar-refractivity contribution is 9.10. The fraction of sp³-hybridized carbons (Fsp3) is 0.240. The maximum atomic E-state index is 11.3. The largest absolute Gasteiger partial charge is 0.478 e. The third kappa shape index (κ3) is 4.95. The maximum absolute atomic E-state index is 11.3. The Hall–Kier alpha value is -2.34.